The Morgan fingerprint density at radius 1 is 1.39 bits per heavy atom. The quantitative estimate of drug-likeness (QED) is 0.846. The lowest BCUT2D eigenvalue weighted by atomic mass is 10.2. The number of hydrogen-bond donors (Lipinski definition) is 2. The molecule has 0 radical (unpaired) electrons. The van der Waals surface area contributed by atoms with E-state index in [0.29, 0.717) is 5.69 Å². The molecule has 0 aliphatic heterocycles. The minimum atomic E-state index is -0.823. The largest absolute Gasteiger partial charge is 0.381 e. The summed E-state index contributed by atoms with van der Waals surface area (Å²) < 4.78 is 13.6. The Morgan fingerprint density at radius 3 is 2.89 bits per heavy atom. The monoisotopic (exact) mass is 246 g/mol. The maximum atomic E-state index is 13.6. The van der Waals surface area contributed by atoms with E-state index in [1.165, 1.54) is 18.5 Å². The molecule has 18 heavy (non-hydrogen) atoms. The molecule has 92 valence electrons. The van der Waals surface area contributed by atoms with Crippen molar-refractivity contribution in [3.8, 4) is 0 Å². The number of amides is 1. The number of carbonyl (C=O) groups excluding carboxylic acids is 1. The van der Waals surface area contributed by atoms with Gasteiger partial charge in [0, 0.05) is 12.4 Å². The third-order valence-corrected chi connectivity index (χ3v) is 2.45. The number of nitrogen functional groups attached to an aromatic ring is 1. The highest BCUT2D eigenvalue weighted by Crippen LogP contribution is 2.16. The maximum absolute atomic E-state index is 13.6. The second-order valence-electron chi connectivity index (χ2n) is 3.70. The van der Waals surface area contributed by atoms with Gasteiger partial charge in [-0.15, -0.1) is 0 Å². The molecule has 0 aromatic carbocycles. The molecule has 0 saturated carbocycles. The van der Waals surface area contributed by atoms with Gasteiger partial charge in [-0.05, 0) is 24.6 Å². The van der Waals surface area contributed by atoms with E-state index < -0.39 is 11.7 Å². The molecular weight excluding hydrogens is 235 g/mol. The van der Waals surface area contributed by atoms with Crippen molar-refractivity contribution in [3.05, 3.63) is 47.7 Å². The van der Waals surface area contributed by atoms with Crippen LogP contribution in [0.1, 0.15) is 15.9 Å². The zero-order valence-corrected chi connectivity index (χ0v) is 9.64. The molecule has 2 rings (SSSR count). The highest BCUT2D eigenvalue weighted by molar-refractivity contribution is 6.05. The van der Waals surface area contributed by atoms with Crippen LogP contribution in [-0.4, -0.2) is 15.9 Å². The fourth-order valence-electron chi connectivity index (χ4n) is 1.42. The third kappa shape index (κ3) is 2.27. The van der Waals surface area contributed by atoms with Crippen LogP contribution in [0.2, 0.25) is 0 Å². The summed E-state index contributed by atoms with van der Waals surface area (Å²) in [5.74, 6) is -1.71. The molecule has 5 nitrogen and oxygen atoms in total. The molecule has 0 saturated heterocycles. The summed E-state index contributed by atoms with van der Waals surface area (Å²) in [6, 6.07) is 3.01. The molecule has 0 unspecified atom stereocenters. The second-order valence-corrected chi connectivity index (χ2v) is 3.70. The highest BCUT2D eigenvalue weighted by Gasteiger charge is 2.15. The predicted octanol–water partition coefficient (Wildman–Crippen LogP) is 1.76. The van der Waals surface area contributed by atoms with Crippen LogP contribution < -0.4 is 11.1 Å². The van der Waals surface area contributed by atoms with Gasteiger partial charge in [0.1, 0.15) is 0 Å². The normalized spacial score (nSPS) is 10.1. The minimum absolute atomic E-state index is 0.147. The number of carbonyl (C=O) groups is 1. The van der Waals surface area contributed by atoms with Gasteiger partial charge in [0.05, 0.1) is 17.4 Å². The minimum Gasteiger partial charge on any atom is -0.381 e. The van der Waals surface area contributed by atoms with Crippen LogP contribution in [0.4, 0.5) is 15.9 Å². The van der Waals surface area contributed by atoms with Gasteiger partial charge in [-0.25, -0.2) is 9.37 Å². The van der Waals surface area contributed by atoms with Crippen molar-refractivity contribution in [2.45, 2.75) is 6.92 Å². The van der Waals surface area contributed by atoms with Crippen LogP contribution in [0.15, 0.2) is 30.7 Å². The number of aromatic nitrogens is 2. The maximum Gasteiger partial charge on any atom is 0.258 e. The van der Waals surface area contributed by atoms with E-state index in [2.05, 4.69) is 15.3 Å². The first-order valence-electron chi connectivity index (χ1n) is 5.21. The van der Waals surface area contributed by atoms with E-state index >= 15 is 0 Å². The fourth-order valence-corrected chi connectivity index (χ4v) is 1.42. The van der Waals surface area contributed by atoms with Crippen molar-refractivity contribution in [1.82, 2.24) is 9.97 Å². The summed E-state index contributed by atoms with van der Waals surface area (Å²) in [7, 11) is 0. The molecular formula is C12H11FN4O. The third-order valence-electron chi connectivity index (χ3n) is 2.45. The van der Waals surface area contributed by atoms with E-state index in [0.717, 1.165) is 5.56 Å². The Bertz CT molecular complexity index is 600. The van der Waals surface area contributed by atoms with Crippen LogP contribution in [0, 0.1) is 12.7 Å². The standard InChI is InChI=1S/C12H11FN4O/c1-7-2-4-15-6-9(7)17-12(18)8-3-5-16-11(14)10(8)13/h2-6H,1H3,(H2,14,16)(H,17,18). The number of aryl methyl sites for hydroxylation is 1. The van der Waals surface area contributed by atoms with Gasteiger partial charge in [-0.2, -0.15) is 0 Å². The summed E-state index contributed by atoms with van der Waals surface area (Å²) in [6.07, 6.45) is 4.38. The summed E-state index contributed by atoms with van der Waals surface area (Å²) in [5.41, 5.74) is 6.52. The number of anilines is 2. The first-order valence-corrected chi connectivity index (χ1v) is 5.21. The van der Waals surface area contributed by atoms with Gasteiger partial charge in [0.25, 0.3) is 5.91 Å². The average molecular weight is 246 g/mol. The number of nitrogens with two attached hydrogens (primary N) is 1. The van der Waals surface area contributed by atoms with Crippen molar-refractivity contribution in [2.75, 3.05) is 11.1 Å². The Morgan fingerprint density at radius 2 is 2.17 bits per heavy atom. The number of rotatable bonds is 2. The van der Waals surface area contributed by atoms with Crippen LogP contribution in [0.5, 0.6) is 0 Å². The number of hydrogen-bond acceptors (Lipinski definition) is 4. The smallest absolute Gasteiger partial charge is 0.258 e. The van der Waals surface area contributed by atoms with Crippen molar-refractivity contribution in [3.63, 3.8) is 0 Å². The van der Waals surface area contributed by atoms with E-state index in [1.807, 2.05) is 6.92 Å². The van der Waals surface area contributed by atoms with Crippen LogP contribution in [-0.2, 0) is 0 Å². The van der Waals surface area contributed by atoms with Crippen molar-refractivity contribution in [2.24, 2.45) is 0 Å². The topological polar surface area (TPSA) is 80.9 Å². The molecule has 3 N–H and O–H groups in total. The predicted molar refractivity (Wildman–Crippen MR) is 65.5 cm³/mol. The second kappa shape index (κ2) is 4.79. The van der Waals surface area contributed by atoms with E-state index in [4.69, 9.17) is 5.73 Å². The molecule has 0 atom stereocenters. The van der Waals surface area contributed by atoms with Gasteiger partial charge in [0.2, 0.25) is 0 Å². The van der Waals surface area contributed by atoms with Crippen molar-refractivity contribution < 1.29 is 9.18 Å². The zero-order chi connectivity index (χ0) is 13.1. The van der Waals surface area contributed by atoms with Gasteiger partial charge in [-0.3, -0.25) is 9.78 Å². The Balaban J connectivity index is 2.28. The lowest BCUT2D eigenvalue weighted by Gasteiger charge is -2.08. The molecule has 1 amide bonds. The first kappa shape index (κ1) is 12.0. The molecule has 0 spiro atoms. The summed E-state index contributed by atoms with van der Waals surface area (Å²) >= 11 is 0. The molecule has 2 aromatic rings. The SMILES string of the molecule is Cc1ccncc1NC(=O)c1ccnc(N)c1F. The number of halogens is 1. The Hall–Kier alpha value is -2.50. The van der Waals surface area contributed by atoms with Crippen LogP contribution in [0.25, 0.3) is 0 Å². The van der Waals surface area contributed by atoms with Gasteiger partial charge in [0.15, 0.2) is 11.6 Å². The average Bonchev–Trinajstić information content (AvgIpc) is 2.35. The summed E-state index contributed by atoms with van der Waals surface area (Å²) in [5, 5.41) is 2.57. The van der Waals surface area contributed by atoms with Crippen LogP contribution in [0.3, 0.4) is 0 Å². The van der Waals surface area contributed by atoms with E-state index in [9.17, 15) is 9.18 Å². The van der Waals surface area contributed by atoms with Crippen LogP contribution >= 0.6 is 0 Å². The molecule has 2 heterocycles. The van der Waals surface area contributed by atoms with E-state index in [-0.39, 0.29) is 11.4 Å². The highest BCUT2D eigenvalue weighted by atomic mass is 19.1. The van der Waals surface area contributed by atoms with Gasteiger partial charge in [-0.1, -0.05) is 0 Å². The molecule has 0 bridgehead atoms. The lowest BCUT2D eigenvalue weighted by molar-refractivity contribution is 0.102. The van der Waals surface area contributed by atoms with Crippen molar-refractivity contribution >= 4 is 17.4 Å². The number of nitrogens with zero attached hydrogens (tertiary/aromatic N) is 2. The Labute approximate surface area is 103 Å². The van der Waals surface area contributed by atoms with Crippen molar-refractivity contribution in [1.29, 1.82) is 0 Å². The summed E-state index contributed by atoms with van der Waals surface area (Å²) in [6.45, 7) is 1.81. The number of nitrogens with one attached hydrogen (secondary N) is 1. The zero-order valence-electron chi connectivity index (χ0n) is 9.64. The molecule has 0 fully saturated rings. The number of pyridine rings is 2. The molecule has 0 aliphatic carbocycles. The van der Waals surface area contributed by atoms with Gasteiger partial charge >= 0.3 is 0 Å². The Kier molecular flexibility index (Phi) is 3.18. The summed E-state index contributed by atoms with van der Waals surface area (Å²) in [4.78, 5) is 19.3. The first-order chi connectivity index (χ1) is 8.59. The molecule has 6 heteroatoms. The molecule has 2 aromatic heterocycles. The fraction of sp³-hybridized carbons (Fsp3) is 0.0833. The van der Waals surface area contributed by atoms with E-state index in [1.54, 1.807) is 12.3 Å². The lowest BCUT2D eigenvalue weighted by Crippen LogP contribution is -2.16. The van der Waals surface area contributed by atoms with Gasteiger partial charge < -0.3 is 11.1 Å². The molecule has 0 aliphatic rings.